The van der Waals surface area contributed by atoms with Crippen molar-refractivity contribution in [3.8, 4) is 0 Å². The van der Waals surface area contributed by atoms with E-state index in [0.717, 1.165) is 16.5 Å². The summed E-state index contributed by atoms with van der Waals surface area (Å²) in [5.41, 5.74) is 1.81. The molecule has 0 unspecified atom stereocenters. The molecule has 0 fully saturated rings. The Kier molecular flexibility index (Phi) is 4.12. The number of halogens is 2. The average molecular weight is 280 g/mol. The van der Waals surface area contributed by atoms with E-state index in [9.17, 15) is 18.4 Å². The molecule has 6 heteroatoms. The lowest BCUT2D eigenvalue weighted by atomic mass is 10.0. The molecular weight excluding hydrogens is 266 g/mol. The highest BCUT2D eigenvalue weighted by Crippen LogP contribution is 2.30. The Morgan fingerprint density at radius 1 is 1.45 bits per heavy atom. The number of alkyl halides is 2. The predicted octanol–water partition coefficient (Wildman–Crippen LogP) is 2.36. The number of rotatable bonds is 4. The van der Waals surface area contributed by atoms with E-state index in [1.165, 1.54) is 0 Å². The molecule has 0 radical (unpaired) electrons. The third kappa shape index (κ3) is 3.01. The molecule has 1 aromatic carbocycles. The molecule has 1 heterocycles. The minimum absolute atomic E-state index is 0.193. The van der Waals surface area contributed by atoms with Gasteiger partial charge in [-0.3, -0.25) is 9.59 Å². The lowest BCUT2D eigenvalue weighted by Gasteiger charge is -2.29. The zero-order valence-electron chi connectivity index (χ0n) is 10.7. The lowest BCUT2D eigenvalue weighted by Crippen LogP contribution is -2.38. The molecule has 0 saturated carbocycles. The van der Waals surface area contributed by atoms with Crippen LogP contribution < -0.4 is 10.2 Å². The number of fused-ring (bicyclic) bond motifs is 1. The number of benzene rings is 1. The Bertz CT molecular complexity index is 558. The summed E-state index contributed by atoms with van der Waals surface area (Å²) in [5.74, 6) is -0.651. The second-order valence-corrected chi connectivity index (χ2v) is 4.43. The molecule has 0 bridgehead atoms. The number of hydrogen-bond acceptors (Lipinski definition) is 2. The Morgan fingerprint density at radius 3 is 2.85 bits per heavy atom. The van der Waals surface area contributed by atoms with Crippen molar-refractivity contribution in [3.05, 3.63) is 36.4 Å². The van der Waals surface area contributed by atoms with Crippen molar-refractivity contribution in [2.24, 2.45) is 0 Å². The van der Waals surface area contributed by atoms with Gasteiger partial charge in [0.05, 0.1) is 6.54 Å². The summed E-state index contributed by atoms with van der Waals surface area (Å²) < 4.78 is 25.0. The topological polar surface area (TPSA) is 49.4 Å². The van der Waals surface area contributed by atoms with Gasteiger partial charge in [-0.15, -0.1) is 0 Å². The van der Waals surface area contributed by atoms with Gasteiger partial charge >= 0.3 is 0 Å². The van der Waals surface area contributed by atoms with Crippen molar-refractivity contribution in [2.45, 2.75) is 19.3 Å². The first-order chi connectivity index (χ1) is 9.51. The van der Waals surface area contributed by atoms with E-state index < -0.39 is 13.0 Å². The lowest BCUT2D eigenvalue weighted by molar-refractivity contribution is -0.119. The average Bonchev–Trinajstić information content (AvgIpc) is 2.41. The summed E-state index contributed by atoms with van der Waals surface area (Å²) in [6.45, 7) is 2.74. The number of nitrogens with zero attached hydrogens (tertiary/aromatic N) is 1. The van der Waals surface area contributed by atoms with E-state index in [1.54, 1.807) is 18.2 Å². The molecule has 1 aliphatic rings. The van der Waals surface area contributed by atoms with Crippen LogP contribution in [0.3, 0.4) is 0 Å². The Labute approximate surface area is 115 Å². The quantitative estimate of drug-likeness (QED) is 0.861. The molecule has 1 N–H and O–H groups in total. The van der Waals surface area contributed by atoms with Crippen molar-refractivity contribution in [1.82, 2.24) is 0 Å². The van der Waals surface area contributed by atoms with E-state index in [0.29, 0.717) is 17.8 Å². The van der Waals surface area contributed by atoms with Gasteiger partial charge in [-0.2, -0.15) is 0 Å². The number of carbonyl (C=O) groups excluding carboxylic acids is 2. The number of amides is 2. The molecule has 1 aliphatic heterocycles. The molecular formula is C14H14F2N2O2. The first-order valence-electron chi connectivity index (χ1n) is 6.16. The Morgan fingerprint density at radius 2 is 2.20 bits per heavy atom. The highest BCUT2D eigenvalue weighted by molar-refractivity contribution is 6.00. The molecule has 106 valence electrons. The molecule has 20 heavy (non-hydrogen) atoms. The summed E-state index contributed by atoms with van der Waals surface area (Å²) in [4.78, 5) is 24.0. The van der Waals surface area contributed by atoms with Crippen LogP contribution in [0.4, 0.5) is 20.2 Å². The smallest absolute Gasteiger partial charge is 0.256 e. The zero-order chi connectivity index (χ0) is 14.7. The summed E-state index contributed by atoms with van der Waals surface area (Å²) in [5, 5.41) is 2.60. The van der Waals surface area contributed by atoms with Crippen LogP contribution in [0.2, 0.25) is 0 Å². The fourth-order valence-corrected chi connectivity index (χ4v) is 2.17. The number of anilines is 2. The van der Waals surface area contributed by atoms with Gasteiger partial charge in [-0.1, -0.05) is 6.58 Å². The van der Waals surface area contributed by atoms with Crippen molar-refractivity contribution in [2.75, 3.05) is 16.8 Å². The number of carbonyl (C=O) groups is 2. The second kappa shape index (κ2) is 5.81. The van der Waals surface area contributed by atoms with Gasteiger partial charge in [0.25, 0.3) is 6.43 Å². The fraction of sp³-hybridized carbons (Fsp3) is 0.286. The van der Waals surface area contributed by atoms with Crippen LogP contribution in [0.1, 0.15) is 12.0 Å². The molecule has 0 spiro atoms. The second-order valence-electron chi connectivity index (χ2n) is 4.43. The van der Waals surface area contributed by atoms with Crippen LogP contribution in [0.25, 0.3) is 0 Å². The van der Waals surface area contributed by atoms with Crippen LogP contribution in [0.5, 0.6) is 0 Å². The normalized spacial score (nSPS) is 14.2. The fourth-order valence-electron chi connectivity index (χ4n) is 2.17. The van der Waals surface area contributed by atoms with Gasteiger partial charge in [0.2, 0.25) is 11.8 Å². The summed E-state index contributed by atoms with van der Waals surface area (Å²) >= 11 is 0. The molecule has 2 amide bonds. The molecule has 0 aromatic heterocycles. The minimum Gasteiger partial charge on any atom is -0.323 e. The Balaban J connectivity index is 2.28. The van der Waals surface area contributed by atoms with E-state index in [1.807, 2.05) is 0 Å². The monoisotopic (exact) mass is 280 g/mol. The Hall–Kier alpha value is -2.24. The largest absolute Gasteiger partial charge is 0.323 e. The van der Waals surface area contributed by atoms with Gasteiger partial charge in [0, 0.05) is 17.8 Å². The molecule has 4 nitrogen and oxygen atoms in total. The highest BCUT2D eigenvalue weighted by Gasteiger charge is 2.26. The van der Waals surface area contributed by atoms with Crippen LogP contribution >= 0.6 is 0 Å². The van der Waals surface area contributed by atoms with Crippen LogP contribution in [0, 0.1) is 0 Å². The summed E-state index contributed by atoms with van der Waals surface area (Å²) in [7, 11) is 0. The van der Waals surface area contributed by atoms with E-state index in [2.05, 4.69) is 11.9 Å². The van der Waals surface area contributed by atoms with Crippen LogP contribution in [0.15, 0.2) is 30.9 Å². The van der Waals surface area contributed by atoms with Crippen molar-refractivity contribution in [1.29, 1.82) is 0 Å². The third-order valence-electron chi connectivity index (χ3n) is 3.05. The number of aryl methyl sites for hydroxylation is 1. The van der Waals surface area contributed by atoms with Gasteiger partial charge in [0.15, 0.2) is 0 Å². The van der Waals surface area contributed by atoms with Crippen molar-refractivity contribution >= 4 is 23.2 Å². The maximum atomic E-state index is 12.5. The van der Waals surface area contributed by atoms with E-state index in [4.69, 9.17) is 0 Å². The van der Waals surface area contributed by atoms with Gasteiger partial charge in [0.1, 0.15) is 0 Å². The maximum absolute atomic E-state index is 12.5. The molecule has 0 aliphatic carbocycles. The molecule has 2 rings (SSSR count). The zero-order valence-corrected chi connectivity index (χ0v) is 10.7. The minimum atomic E-state index is -2.58. The number of hydrogen-bond donors (Lipinski definition) is 1. The van der Waals surface area contributed by atoms with E-state index in [-0.39, 0.29) is 18.2 Å². The maximum Gasteiger partial charge on any atom is 0.256 e. The first kappa shape index (κ1) is 14.2. The van der Waals surface area contributed by atoms with Crippen LogP contribution in [-0.4, -0.2) is 24.8 Å². The first-order valence-corrected chi connectivity index (χ1v) is 6.16. The van der Waals surface area contributed by atoms with Crippen LogP contribution in [-0.2, 0) is 16.0 Å². The highest BCUT2D eigenvalue weighted by atomic mass is 19.3. The van der Waals surface area contributed by atoms with Gasteiger partial charge in [-0.25, -0.2) is 8.78 Å². The summed E-state index contributed by atoms with van der Waals surface area (Å²) in [6, 6.07) is 4.85. The van der Waals surface area contributed by atoms with Crippen molar-refractivity contribution in [3.63, 3.8) is 0 Å². The standard InChI is InChI=1S/C14H14F2N2O2/c1-2-13(19)17-10-4-5-11-9(7-10)3-6-14(20)18(11)8-12(15)16/h2,4-5,7,12H,1,3,6,8H2,(H,17,19). The SMILES string of the molecule is C=CC(=O)Nc1ccc2c(c1)CCC(=O)N2CC(F)F. The van der Waals surface area contributed by atoms with E-state index >= 15 is 0 Å². The molecule has 0 saturated heterocycles. The van der Waals surface area contributed by atoms with Gasteiger partial charge in [-0.05, 0) is 36.3 Å². The molecule has 0 atom stereocenters. The third-order valence-corrected chi connectivity index (χ3v) is 3.05. The van der Waals surface area contributed by atoms with Gasteiger partial charge < -0.3 is 10.2 Å². The molecule has 1 aromatic rings. The predicted molar refractivity (Wildman–Crippen MR) is 71.9 cm³/mol. The summed E-state index contributed by atoms with van der Waals surface area (Å²) in [6.07, 6.45) is -0.763. The number of nitrogens with one attached hydrogen (secondary N) is 1. The van der Waals surface area contributed by atoms with Crippen molar-refractivity contribution < 1.29 is 18.4 Å².